The third-order valence-electron chi connectivity index (χ3n) is 3.52. The first kappa shape index (κ1) is 15.7. The van der Waals surface area contributed by atoms with Crippen molar-refractivity contribution < 1.29 is 5.11 Å². The van der Waals surface area contributed by atoms with Gasteiger partial charge in [0, 0.05) is 30.6 Å². The number of rotatable bonds is 7. The van der Waals surface area contributed by atoms with Crippen LogP contribution < -0.4 is 5.32 Å². The van der Waals surface area contributed by atoms with Gasteiger partial charge in [-0.2, -0.15) is 0 Å². The number of hydrogen-bond acceptors (Lipinski definition) is 4. The molecule has 0 aliphatic rings. The largest absolute Gasteiger partial charge is 0.393 e. The Morgan fingerprint density at radius 1 is 1.33 bits per heavy atom. The Morgan fingerprint density at radius 2 is 2.10 bits per heavy atom. The molecule has 1 heterocycles. The van der Waals surface area contributed by atoms with Crippen LogP contribution in [0.3, 0.4) is 0 Å². The summed E-state index contributed by atoms with van der Waals surface area (Å²) < 4.78 is 0. The summed E-state index contributed by atoms with van der Waals surface area (Å²) in [6.45, 7) is 6.46. The Bertz CT molecular complexity index is 583. The van der Waals surface area contributed by atoms with E-state index >= 15 is 0 Å². The Hall–Kier alpha value is -1.65. The van der Waals surface area contributed by atoms with E-state index in [0.717, 1.165) is 42.8 Å². The molecule has 0 saturated carbocycles. The number of nitrogens with zero attached hydrogens (tertiary/aromatic N) is 2. The third-order valence-corrected chi connectivity index (χ3v) is 3.52. The number of pyridine rings is 1. The lowest BCUT2D eigenvalue weighted by molar-refractivity contribution is 0.163. The second kappa shape index (κ2) is 7.38. The molecule has 1 aromatic carbocycles. The van der Waals surface area contributed by atoms with Crippen molar-refractivity contribution in [2.45, 2.75) is 32.9 Å². The number of benzene rings is 1. The smallest absolute Gasteiger partial charge is 0.131 e. The number of para-hydroxylation sites is 1. The highest BCUT2D eigenvalue weighted by atomic mass is 16.3. The number of anilines is 1. The SMILES string of the molecule is CCNc1nc2ccccc2cc1CN(C)CCC(C)O. The molecule has 0 amide bonds. The van der Waals surface area contributed by atoms with Crippen LogP contribution in [0.15, 0.2) is 30.3 Å². The van der Waals surface area contributed by atoms with Crippen molar-refractivity contribution in [2.75, 3.05) is 25.5 Å². The van der Waals surface area contributed by atoms with Gasteiger partial charge in [-0.1, -0.05) is 18.2 Å². The Morgan fingerprint density at radius 3 is 2.81 bits per heavy atom. The van der Waals surface area contributed by atoms with Gasteiger partial charge in [-0.15, -0.1) is 0 Å². The van der Waals surface area contributed by atoms with E-state index in [1.165, 1.54) is 5.56 Å². The van der Waals surface area contributed by atoms with Crippen molar-refractivity contribution in [3.63, 3.8) is 0 Å². The van der Waals surface area contributed by atoms with Crippen molar-refractivity contribution in [1.29, 1.82) is 0 Å². The van der Waals surface area contributed by atoms with E-state index in [2.05, 4.69) is 36.3 Å². The molecular weight excluding hydrogens is 262 g/mol. The van der Waals surface area contributed by atoms with Gasteiger partial charge in [0.2, 0.25) is 0 Å². The van der Waals surface area contributed by atoms with Gasteiger partial charge in [-0.25, -0.2) is 4.98 Å². The lowest BCUT2D eigenvalue weighted by atomic mass is 10.1. The van der Waals surface area contributed by atoms with Crippen molar-refractivity contribution >= 4 is 16.7 Å². The van der Waals surface area contributed by atoms with Gasteiger partial charge in [-0.3, -0.25) is 0 Å². The maximum absolute atomic E-state index is 9.40. The molecule has 2 aromatic rings. The van der Waals surface area contributed by atoms with E-state index in [-0.39, 0.29) is 6.10 Å². The van der Waals surface area contributed by atoms with Crippen LogP contribution in [0.1, 0.15) is 25.8 Å². The van der Waals surface area contributed by atoms with E-state index in [1.54, 1.807) is 0 Å². The molecule has 0 aliphatic heterocycles. The number of fused-ring (bicyclic) bond motifs is 1. The van der Waals surface area contributed by atoms with Crippen LogP contribution in [-0.4, -0.2) is 41.2 Å². The van der Waals surface area contributed by atoms with Crippen molar-refractivity contribution in [3.05, 3.63) is 35.9 Å². The highest BCUT2D eigenvalue weighted by molar-refractivity contribution is 5.81. The Labute approximate surface area is 126 Å². The zero-order chi connectivity index (χ0) is 15.2. The number of aliphatic hydroxyl groups is 1. The molecular formula is C17H25N3O. The van der Waals surface area contributed by atoms with Crippen LogP contribution in [0.2, 0.25) is 0 Å². The fourth-order valence-electron chi connectivity index (χ4n) is 2.38. The van der Waals surface area contributed by atoms with Crippen LogP contribution in [0.4, 0.5) is 5.82 Å². The number of aromatic nitrogens is 1. The monoisotopic (exact) mass is 287 g/mol. The van der Waals surface area contributed by atoms with Crippen molar-refractivity contribution in [3.8, 4) is 0 Å². The van der Waals surface area contributed by atoms with E-state index < -0.39 is 0 Å². The molecule has 1 atom stereocenters. The average Bonchev–Trinajstić information content (AvgIpc) is 2.46. The lowest BCUT2D eigenvalue weighted by Gasteiger charge is -2.20. The molecule has 0 radical (unpaired) electrons. The van der Waals surface area contributed by atoms with Crippen molar-refractivity contribution in [2.24, 2.45) is 0 Å². The zero-order valence-corrected chi connectivity index (χ0v) is 13.1. The quantitative estimate of drug-likeness (QED) is 0.822. The predicted octanol–water partition coefficient (Wildman–Crippen LogP) is 2.87. The molecule has 2 N–H and O–H groups in total. The minimum atomic E-state index is -0.254. The molecule has 0 aliphatic carbocycles. The summed E-state index contributed by atoms with van der Waals surface area (Å²) in [6.07, 6.45) is 0.532. The molecule has 0 saturated heterocycles. The van der Waals surface area contributed by atoms with E-state index in [4.69, 9.17) is 4.98 Å². The second-order valence-corrected chi connectivity index (χ2v) is 5.59. The van der Waals surface area contributed by atoms with Gasteiger partial charge in [0.1, 0.15) is 5.82 Å². The molecule has 4 heteroatoms. The fraction of sp³-hybridized carbons (Fsp3) is 0.471. The summed E-state index contributed by atoms with van der Waals surface area (Å²) >= 11 is 0. The first-order chi connectivity index (χ1) is 10.1. The van der Waals surface area contributed by atoms with E-state index in [1.807, 2.05) is 25.1 Å². The van der Waals surface area contributed by atoms with Crippen LogP contribution >= 0.6 is 0 Å². The van der Waals surface area contributed by atoms with Gasteiger partial charge >= 0.3 is 0 Å². The van der Waals surface area contributed by atoms with Gasteiger partial charge in [0.15, 0.2) is 0 Å². The van der Waals surface area contributed by atoms with Crippen molar-refractivity contribution in [1.82, 2.24) is 9.88 Å². The topological polar surface area (TPSA) is 48.4 Å². The molecule has 0 fully saturated rings. The summed E-state index contributed by atoms with van der Waals surface area (Å²) in [5.41, 5.74) is 2.22. The Kier molecular flexibility index (Phi) is 5.53. The summed E-state index contributed by atoms with van der Waals surface area (Å²) in [5.74, 6) is 0.958. The molecule has 114 valence electrons. The molecule has 4 nitrogen and oxygen atoms in total. The van der Waals surface area contributed by atoms with Gasteiger partial charge in [-0.05, 0) is 39.4 Å². The second-order valence-electron chi connectivity index (χ2n) is 5.59. The Balaban J connectivity index is 2.21. The summed E-state index contributed by atoms with van der Waals surface area (Å²) in [4.78, 5) is 6.95. The highest BCUT2D eigenvalue weighted by Gasteiger charge is 2.09. The minimum Gasteiger partial charge on any atom is -0.393 e. The third kappa shape index (κ3) is 4.41. The minimum absolute atomic E-state index is 0.254. The zero-order valence-electron chi connectivity index (χ0n) is 13.1. The summed E-state index contributed by atoms with van der Waals surface area (Å²) in [7, 11) is 2.08. The molecule has 1 aromatic heterocycles. The standard InChI is InChI=1S/C17H25N3O/c1-4-18-17-15(12-20(3)10-9-13(2)21)11-14-7-5-6-8-16(14)19-17/h5-8,11,13,21H,4,9-10,12H2,1-3H3,(H,18,19). The lowest BCUT2D eigenvalue weighted by Crippen LogP contribution is -2.23. The molecule has 1 unspecified atom stereocenters. The van der Waals surface area contributed by atoms with E-state index in [9.17, 15) is 5.11 Å². The van der Waals surface area contributed by atoms with E-state index in [0.29, 0.717) is 0 Å². The molecule has 0 bridgehead atoms. The van der Waals surface area contributed by atoms with Gasteiger partial charge < -0.3 is 15.3 Å². The van der Waals surface area contributed by atoms with Gasteiger partial charge in [0.25, 0.3) is 0 Å². The molecule has 21 heavy (non-hydrogen) atoms. The number of hydrogen-bond donors (Lipinski definition) is 2. The van der Waals surface area contributed by atoms with Crippen LogP contribution in [0.25, 0.3) is 10.9 Å². The van der Waals surface area contributed by atoms with Gasteiger partial charge in [0.05, 0.1) is 11.6 Å². The number of nitrogens with one attached hydrogen (secondary N) is 1. The predicted molar refractivity (Wildman–Crippen MR) is 88.5 cm³/mol. The maximum atomic E-state index is 9.40. The first-order valence-corrected chi connectivity index (χ1v) is 7.59. The van der Waals surface area contributed by atoms with Crippen LogP contribution in [-0.2, 0) is 6.54 Å². The fourth-order valence-corrected chi connectivity index (χ4v) is 2.38. The molecule has 0 spiro atoms. The van der Waals surface area contributed by atoms with Crippen LogP contribution in [0.5, 0.6) is 0 Å². The molecule has 2 rings (SSSR count). The van der Waals surface area contributed by atoms with Crippen LogP contribution in [0, 0.1) is 0 Å². The number of aliphatic hydroxyl groups excluding tert-OH is 1. The maximum Gasteiger partial charge on any atom is 0.131 e. The highest BCUT2D eigenvalue weighted by Crippen LogP contribution is 2.21. The summed E-state index contributed by atoms with van der Waals surface area (Å²) in [6, 6.07) is 10.4. The summed E-state index contributed by atoms with van der Waals surface area (Å²) in [5, 5.41) is 13.9. The first-order valence-electron chi connectivity index (χ1n) is 7.59. The average molecular weight is 287 g/mol. The normalized spacial score (nSPS) is 12.8.